The zero-order chi connectivity index (χ0) is 13.4. The van der Waals surface area contributed by atoms with Gasteiger partial charge in [-0.3, -0.25) is 4.79 Å². The van der Waals surface area contributed by atoms with Crippen LogP contribution in [-0.4, -0.2) is 43.0 Å². The summed E-state index contributed by atoms with van der Waals surface area (Å²) in [6.45, 7) is 4.44. The molecule has 1 aliphatic carbocycles. The number of amides is 3. The molecule has 0 aromatic heterocycles. The van der Waals surface area contributed by atoms with Gasteiger partial charge in [-0.25, -0.2) is 4.79 Å². The van der Waals surface area contributed by atoms with Crippen molar-refractivity contribution in [1.82, 2.24) is 15.5 Å². The van der Waals surface area contributed by atoms with Crippen LogP contribution in [-0.2, 0) is 4.79 Å². The minimum atomic E-state index is -0.177. The molecule has 0 aliphatic heterocycles. The molecule has 0 heterocycles. The van der Waals surface area contributed by atoms with E-state index in [0.717, 1.165) is 12.8 Å². The van der Waals surface area contributed by atoms with E-state index in [9.17, 15) is 9.59 Å². The van der Waals surface area contributed by atoms with E-state index in [0.29, 0.717) is 25.6 Å². The third-order valence-corrected chi connectivity index (χ3v) is 3.10. The summed E-state index contributed by atoms with van der Waals surface area (Å²) in [7, 11) is 1.69. The first-order valence-corrected chi connectivity index (χ1v) is 6.52. The molecule has 1 saturated carbocycles. The Balaban J connectivity index is 2.10. The Hall–Kier alpha value is -1.52. The normalized spacial score (nSPS) is 15.2. The van der Waals surface area contributed by atoms with Crippen LogP contribution in [0.3, 0.4) is 0 Å². The molecule has 0 unspecified atom stereocenters. The van der Waals surface area contributed by atoms with Crippen molar-refractivity contribution in [2.45, 2.75) is 38.1 Å². The maximum atomic E-state index is 11.6. The van der Waals surface area contributed by atoms with E-state index in [2.05, 4.69) is 17.2 Å². The smallest absolute Gasteiger partial charge is 0.317 e. The van der Waals surface area contributed by atoms with Gasteiger partial charge in [0.1, 0.15) is 0 Å². The monoisotopic (exact) mass is 253 g/mol. The Kier molecular flexibility index (Phi) is 6.25. The molecule has 1 aliphatic rings. The number of likely N-dealkylation sites (N-methyl/N-ethyl adjacent to an activating group) is 1. The van der Waals surface area contributed by atoms with Crippen molar-refractivity contribution in [3.8, 4) is 0 Å². The van der Waals surface area contributed by atoms with Crippen LogP contribution in [0.1, 0.15) is 32.1 Å². The molecule has 0 bridgehead atoms. The third-order valence-electron chi connectivity index (χ3n) is 3.10. The highest BCUT2D eigenvalue weighted by molar-refractivity contribution is 5.78. The molecule has 0 radical (unpaired) electrons. The molecule has 18 heavy (non-hydrogen) atoms. The van der Waals surface area contributed by atoms with E-state index in [-0.39, 0.29) is 11.9 Å². The summed E-state index contributed by atoms with van der Waals surface area (Å²) in [5.74, 6) is 0.0218. The van der Waals surface area contributed by atoms with Gasteiger partial charge in [-0.1, -0.05) is 18.9 Å². The van der Waals surface area contributed by atoms with E-state index < -0.39 is 0 Å². The molecular weight excluding hydrogens is 230 g/mol. The van der Waals surface area contributed by atoms with Crippen LogP contribution in [0.15, 0.2) is 12.7 Å². The van der Waals surface area contributed by atoms with Crippen molar-refractivity contribution in [2.75, 3.05) is 20.1 Å². The maximum absolute atomic E-state index is 11.6. The first kappa shape index (κ1) is 14.5. The van der Waals surface area contributed by atoms with E-state index in [1.165, 1.54) is 17.7 Å². The molecule has 102 valence electrons. The summed E-state index contributed by atoms with van der Waals surface area (Å²) in [6, 6.07) is 0.167. The number of nitrogens with one attached hydrogen (secondary N) is 2. The van der Waals surface area contributed by atoms with Crippen LogP contribution in [0.4, 0.5) is 4.79 Å². The number of urea groups is 1. The lowest BCUT2D eigenvalue weighted by atomic mass is 10.2. The van der Waals surface area contributed by atoms with Crippen molar-refractivity contribution < 1.29 is 9.59 Å². The summed E-state index contributed by atoms with van der Waals surface area (Å²) in [5, 5.41) is 5.69. The second-order valence-corrected chi connectivity index (χ2v) is 4.70. The number of nitrogens with zero attached hydrogens (tertiary/aromatic N) is 1. The quantitative estimate of drug-likeness (QED) is 0.700. The third kappa shape index (κ3) is 5.21. The van der Waals surface area contributed by atoms with Gasteiger partial charge in [0.25, 0.3) is 0 Å². The highest BCUT2D eigenvalue weighted by Crippen LogP contribution is 2.17. The standard InChI is InChI=1S/C13H23N3O2/c1-3-10-16(2)13(18)14-9-8-12(17)15-11-6-4-5-7-11/h3,11H,1,4-10H2,2H3,(H,14,18)(H,15,17). The molecule has 0 spiro atoms. The van der Waals surface area contributed by atoms with Crippen molar-refractivity contribution in [3.63, 3.8) is 0 Å². The van der Waals surface area contributed by atoms with Gasteiger partial charge in [-0.15, -0.1) is 6.58 Å². The Morgan fingerprint density at radius 1 is 1.39 bits per heavy atom. The topological polar surface area (TPSA) is 61.4 Å². The molecule has 1 rings (SSSR count). The average molecular weight is 253 g/mol. The van der Waals surface area contributed by atoms with Gasteiger partial charge in [0.15, 0.2) is 0 Å². The number of hydrogen-bond donors (Lipinski definition) is 2. The molecule has 2 N–H and O–H groups in total. The number of carbonyl (C=O) groups is 2. The largest absolute Gasteiger partial charge is 0.353 e. The first-order chi connectivity index (χ1) is 8.63. The van der Waals surface area contributed by atoms with Crippen molar-refractivity contribution in [2.24, 2.45) is 0 Å². The van der Waals surface area contributed by atoms with Gasteiger partial charge < -0.3 is 15.5 Å². The number of carbonyl (C=O) groups excluding carboxylic acids is 2. The summed E-state index contributed by atoms with van der Waals surface area (Å²) in [5.41, 5.74) is 0. The SMILES string of the molecule is C=CCN(C)C(=O)NCCC(=O)NC1CCCC1. The minimum Gasteiger partial charge on any atom is -0.353 e. The highest BCUT2D eigenvalue weighted by Gasteiger charge is 2.16. The van der Waals surface area contributed by atoms with Crippen LogP contribution >= 0.6 is 0 Å². The lowest BCUT2D eigenvalue weighted by Crippen LogP contribution is -2.40. The van der Waals surface area contributed by atoms with Crippen LogP contribution in [0.5, 0.6) is 0 Å². The molecule has 5 nitrogen and oxygen atoms in total. The van der Waals surface area contributed by atoms with E-state index >= 15 is 0 Å². The van der Waals surface area contributed by atoms with Crippen LogP contribution in [0.25, 0.3) is 0 Å². The zero-order valence-electron chi connectivity index (χ0n) is 11.1. The Bertz CT molecular complexity index is 299. The van der Waals surface area contributed by atoms with Gasteiger partial charge in [0.2, 0.25) is 5.91 Å². The van der Waals surface area contributed by atoms with Gasteiger partial charge in [0.05, 0.1) is 0 Å². The Labute approximate surface area is 109 Å². The Morgan fingerprint density at radius 2 is 2.06 bits per heavy atom. The Morgan fingerprint density at radius 3 is 2.67 bits per heavy atom. The molecule has 0 atom stereocenters. The molecular formula is C13H23N3O2. The highest BCUT2D eigenvalue weighted by atomic mass is 16.2. The molecule has 1 fully saturated rings. The lowest BCUT2D eigenvalue weighted by molar-refractivity contribution is -0.121. The molecule has 5 heteroatoms. The van der Waals surface area contributed by atoms with E-state index in [4.69, 9.17) is 0 Å². The van der Waals surface area contributed by atoms with Gasteiger partial charge >= 0.3 is 6.03 Å². The number of rotatable bonds is 6. The summed E-state index contributed by atoms with van der Waals surface area (Å²) >= 11 is 0. The number of hydrogen-bond acceptors (Lipinski definition) is 2. The molecule has 0 saturated heterocycles. The fraction of sp³-hybridized carbons (Fsp3) is 0.692. The van der Waals surface area contributed by atoms with E-state index in [1.54, 1.807) is 13.1 Å². The average Bonchev–Trinajstić information content (AvgIpc) is 2.81. The van der Waals surface area contributed by atoms with Crippen LogP contribution in [0.2, 0.25) is 0 Å². The fourth-order valence-electron chi connectivity index (χ4n) is 2.06. The predicted octanol–water partition coefficient (Wildman–Crippen LogP) is 1.26. The van der Waals surface area contributed by atoms with Gasteiger partial charge in [0, 0.05) is 32.6 Å². The maximum Gasteiger partial charge on any atom is 0.317 e. The molecule has 0 aromatic carbocycles. The lowest BCUT2D eigenvalue weighted by Gasteiger charge is -2.16. The summed E-state index contributed by atoms with van der Waals surface area (Å²) in [4.78, 5) is 24.6. The second-order valence-electron chi connectivity index (χ2n) is 4.70. The summed E-state index contributed by atoms with van der Waals surface area (Å²) in [6.07, 6.45) is 6.57. The summed E-state index contributed by atoms with van der Waals surface area (Å²) < 4.78 is 0. The molecule has 0 aromatic rings. The minimum absolute atomic E-state index is 0.0218. The zero-order valence-corrected chi connectivity index (χ0v) is 11.1. The van der Waals surface area contributed by atoms with Crippen LogP contribution < -0.4 is 10.6 Å². The van der Waals surface area contributed by atoms with Crippen molar-refractivity contribution >= 4 is 11.9 Å². The van der Waals surface area contributed by atoms with E-state index in [1.807, 2.05) is 0 Å². The van der Waals surface area contributed by atoms with Gasteiger partial charge in [-0.2, -0.15) is 0 Å². The van der Waals surface area contributed by atoms with Crippen LogP contribution in [0, 0.1) is 0 Å². The van der Waals surface area contributed by atoms with Crippen molar-refractivity contribution in [1.29, 1.82) is 0 Å². The van der Waals surface area contributed by atoms with Gasteiger partial charge in [-0.05, 0) is 12.8 Å². The fourth-order valence-corrected chi connectivity index (χ4v) is 2.06. The predicted molar refractivity (Wildman–Crippen MR) is 71.2 cm³/mol. The van der Waals surface area contributed by atoms with Crippen molar-refractivity contribution in [3.05, 3.63) is 12.7 Å². The first-order valence-electron chi connectivity index (χ1n) is 6.52. The molecule has 3 amide bonds. The second kappa shape index (κ2) is 7.74.